The molecule has 0 saturated heterocycles. The normalized spacial score (nSPS) is 12.5. The molecule has 436 valence electrons. The molecule has 2 aromatic heterocycles. The second-order valence-electron chi connectivity index (χ2n) is 20.5. The van der Waals surface area contributed by atoms with Gasteiger partial charge in [-0.2, -0.15) is 29.9 Å². The maximum atomic E-state index is 13.2. The van der Waals surface area contributed by atoms with Gasteiger partial charge in [-0.3, -0.25) is 20.2 Å². The van der Waals surface area contributed by atoms with Crippen LogP contribution in [0.2, 0.25) is 0 Å². The monoisotopic (exact) mass is 1140 g/mol. The molecule has 0 radical (unpaired) electrons. The van der Waals surface area contributed by atoms with Gasteiger partial charge in [0.1, 0.15) is 23.0 Å². The van der Waals surface area contributed by atoms with E-state index in [1.54, 1.807) is 0 Å². The largest absolute Gasteiger partial charge is 0.493 e. The summed E-state index contributed by atoms with van der Waals surface area (Å²) < 4.78 is 26.9. The Bertz CT molecular complexity index is 3300. The Balaban J connectivity index is 1.26. The van der Waals surface area contributed by atoms with E-state index in [-0.39, 0.29) is 84.8 Å². The number of hydrogen-bond donors (Lipinski definition) is 6. The van der Waals surface area contributed by atoms with E-state index in [9.17, 15) is 20.2 Å². The SMILES string of the molecule is CCCOc1c2cc(Nc3nc(N)nc(N[C@H](C)c4ccccc4)n3)cc1Cc1cc([N+](=O)[O-])cc(c1OCCC)Cc1cc(Nc3nc(N)nc(N[C@H](C)c4ccccc4)n3)cc(c1OCCC)Cc1cc([N+](=O)[O-])cc(c1OCCC)C2. The minimum Gasteiger partial charge on any atom is -0.493 e. The number of hydrogen-bond acceptors (Lipinski definition) is 20. The number of ether oxygens (including phenoxy) is 4. The van der Waals surface area contributed by atoms with Crippen LogP contribution < -0.4 is 51.7 Å². The first-order valence-corrected chi connectivity index (χ1v) is 28.3. The van der Waals surface area contributed by atoms with Crippen molar-refractivity contribution in [3.05, 3.63) is 185 Å². The van der Waals surface area contributed by atoms with E-state index in [2.05, 4.69) is 41.2 Å². The van der Waals surface area contributed by atoms with E-state index in [0.717, 1.165) is 11.1 Å². The highest BCUT2D eigenvalue weighted by Crippen LogP contribution is 2.44. The highest BCUT2D eigenvalue weighted by atomic mass is 16.6. The van der Waals surface area contributed by atoms with Crippen LogP contribution in [0.25, 0.3) is 0 Å². The van der Waals surface area contributed by atoms with E-state index in [4.69, 9.17) is 40.4 Å². The summed E-state index contributed by atoms with van der Waals surface area (Å²) in [5.74, 6) is 2.53. The molecule has 1 aliphatic rings. The van der Waals surface area contributed by atoms with Crippen LogP contribution in [0, 0.1) is 20.2 Å². The van der Waals surface area contributed by atoms with Crippen LogP contribution in [-0.4, -0.2) is 66.2 Å². The van der Waals surface area contributed by atoms with E-state index in [0.29, 0.717) is 131 Å². The lowest BCUT2D eigenvalue weighted by molar-refractivity contribution is -0.385. The summed E-state index contributed by atoms with van der Waals surface area (Å²) in [6.45, 7) is 13.1. The lowest BCUT2D eigenvalue weighted by Crippen LogP contribution is -2.13. The average molecular weight is 1140 g/mol. The number of anilines is 8. The fourth-order valence-electron chi connectivity index (χ4n) is 10.1. The van der Waals surface area contributed by atoms with Crippen LogP contribution in [0.1, 0.15) is 135 Å². The summed E-state index contributed by atoms with van der Waals surface area (Å²) in [4.78, 5) is 52.7. The Labute approximate surface area is 487 Å². The predicted octanol–water partition coefficient (Wildman–Crippen LogP) is 12.7. The van der Waals surface area contributed by atoms with E-state index < -0.39 is 9.85 Å². The molecule has 0 unspecified atom stereocenters. The second-order valence-corrected chi connectivity index (χ2v) is 20.5. The van der Waals surface area contributed by atoms with Crippen molar-refractivity contribution >= 4 is 58.4 Å². The Morgan fingerprint density at radius 2 is 0.714 bits per heavy atom. The van der Waals surface area contributed by atoms with Crippen LogP contribution in [-0.2, 0) is 25.7 Å². The summed E-state index contributed by atoms with van der Waals surface area (Å²) in [5.41, 5.74) is 19.9. The molecule has 0 aliphatic heterocycles. The fraction of sp³-hybridized carbons (Fsp3) is 0.323. The lowest BCUT2D eigenvalue weighted by atomic mass is 9.90. The molecular weight excluding hydrogens is 1070 g/mol. The zero-order chi connectivity index (χ0) is 59.3. The van der Waals surface area contributed by atoms with Crippen molar-refractivity contribution in [2.45, 2.75) is 105 Å². The number of nitro groups is 2. The van der Waals surface area contributed by atoms with E-state index >= 15 is 0 Å². The highest BCUT2D eigenvalue weighted by Gasteiger charge is 2.28. The number of rotatable bonds is 24. The van der Waals surface area contributed by atoms with Crippen LogP contribution in [0.4, 0.5) is 58.4 Å². The minimum absolute atomic E-state index is 0.0363. The van der Waals surface area contributed by atoms with Gasteiger partial charge in [0.05, 0.1) is 48.4 Å². The Kier molecular flexibility index (Phi) is 19.1. The molecule has 0 saturated carbocycles. The Hall–Kier alpha value is -9.86. The number of nitrogens with zero attached hydrogens (tertiary/aromatic N) is 8. The van der Waals surface area contributed by atoms with E-state index in [1.165, 1.54) is 24.3 Å². The zero-order valence-electron chi connectivity index (χ0n) is 48.0. The first-order valence-electron chi connectivity index (χ1n) is 28.3. The fourth-order valence-corrected chi connectivity index (χ4v) is 10.1. The van der Waals surface area contributed by atoms with Gasteiger partial charge in [0.25, 0.3) is 11.4 Å². The third-order valence-electron chi connectivity index (χ3n) is 13.8. The molecule has 8 N–H and O–H groups in total. The number of fused-ring (bicyclic) bond motifs is 8. The van der Waals surface area contributed by atoms with Gasteiger partial charge in [-0.25, -0.2) is 0 Å². The van der Waals surface area contributed by atoms with Gasteiger partial charge in [0, 0.05) is 106 Å². The Morgan fingerprint density at radius 1 is 0.440 bits per heavy atom. The molecule has 22 nitrogen and oxygen atoms in total. The summed E-state index contributed by atoms with van der Waals surface area (Å²) in [6, 6.07) is 32.9. The maximum Gasteiger partial charge on any atom is 0.270 e. The smallest absolute Gasteiger partial charge is 0.270 e. The van der Waals surface area contributed by atoms with Gasteiger partial charge in [-0.05, 0) is 74.9 Å². The van der Waals surface area contributed by atoms with Crippen LogP contribution in [0.5, 0.6) is 23.0 Å². The Morgan fingerprint density at radius 3 is 0.988 bits per heavy atom. The topological polar surface area (TPSA) is 301 Å². The molecule has 84 heavy (non-hydrogen) atoms. The lowest BCUT2D eigenvalue weighted by Gasteiger charge is -2.24. The molecule has 8 aromatic rings. The number of non-ortho nitro benzene ring substituents is 2. The van der Waals surface area contributed by atoms with Gasteiger partial charge in [0.15, 0.2) is 0 Å². The maximum absolute atomic E-state index is 13.2. The summed E-state index contributed by atoms with van der Waals surface area (Å²) in [7, 11) is 0. The number of nitro benzene ring substituents is 2. The molecule has 9 rings (SSSR count). The number of nitrogen functional groups attached to an aromatic ring is 2. The van der Waals surface area contributed by atoms with Crippen LogP contribution >= 0.6 is 0 Å². The standard InChI is InChI=1S/C62H70N14O8/c1-7-21-81-53-41-25-45-33-51(75(77)78)35-47(55(45)83-23-9-3)27-43-31-50(68-62-72-58(64)70-60(74-62)66-38(6)40-19-15-12-16-20-40)32-44(54(43)82-22-8-2)28-48-36-52(76(79)80)34-46(56(48)84-24-10-4)26-42(53)30-49(29-41)67-61-71-57(63)69-59(73-61)65-37(5)39-17-13-11-14-18-39/h11-20,29-38H,7-10,21-28H2,1-6H3,(H4,63,65,67,69,71,73)(H4,64,66,68,70,72,74)/t37-,38-/m1/s1. The first-order chi connectivity index (χ1) is 40.7. The van der Waals surface area contributed by atoms with Crippen molar-refractivity contribution in [1.29, 1.82) is 0 Å². The van der Waals surface area contributed by atoms with Crippen LogP contribution in [0.15, 0.2) is 109 Å². The molecular formula is C62H70N14O8. The summed E-state index contributed by atoms with van der Waals surface area (Å²) in [5, 5.41) is 39.7. The first kappa shape index (κ1) is 58.8. The molecule has 0 spiro atoms. The number of nitrogens with one attached hydrogen (secondary N) is 4. The van der Waals surface area contributed by atoms with Crippen molar-refractivity contribution in [3.8, 4) is 23.0 Å². The third kappa shape index (κ3) is 14.6. The van der Waals surface area contributed by atoms with Crippen LogP contribution in [0.3, 0.4) is 0 Å². The van der Waals surface area contributed by atoms with Gasteiger partial charge >= 0.3 is 0 Å². The average Bonchev–Trinajstić information content (AvgIpc) is 1.67. The van der Waals surface area contributed by atoms with Gasteiger partial charge in [-0.15, -0.1) is 0 Å². The zero-order valence-corrected chi connectivity index (χ0v) is 48.0. The molecule has 6 aromatic carbocycles. The number of benzene rings is 6. The van der Waals surface area contributed by atoms with Crippen molar-refractivity contribution < 1.29 is 28.8 Å². The highest BCUT2D eigenvalue weighted by molar-refractivity contribution is 5.68. The third-order valence-corrected chi connectivity index (χ3v) is 13.8. The van der Waals surface area contributed by atoms with Crippen molar-refractivity contribution in [1.82, 2.24) is 29.9 Å². The molecule has 8 bridgehead atoms. The van der Waals surface area contributed by atoms with E-state index in [1.807, 2.05) is 126 Å². The quantitative estimate of drug-likeness (QED) is 0.0242. The molecule has 0 amide bonds. The predicted molar refractivity (Wildman–Crippen MR) is 325 cm³/mol. The second kappa shape index (κ2) is 27.3. The minimum atomic E-state index is -0.410. The van der Waals surface area contributed by atoms with Crippen molar-refractivity contribution in [2.75, 3.05) is 59.2 Å². The molecule has 2 heterocycles. The molecule has 1 aliphatic carbocycles. The summed E-state index contributed by atoms with van der Waals surface area (Å²) >= 11 is 0. The molecule has 2 atom stereocenters. The summed E-state index contributed by atoms with van der Waals surface area (Å²) in [6.07, 6.45) is 2.84. The van der Waals surface area contributed by atoms with Crippen molar-refractivity contribution in [2.24, 2.45) is 0 Å². The number of nitrogens with two attached hydrogens (primary N) is 2. The van der Waals surface area contributed by atoms with Gasteiger partial charge in [-0.1, -0.05) is 88.4 Å². The molecule has 22 heteroatoms. The molecule has 0 fully saturated rings. The van der Waals surface area contributed by atoms with Gasteiger partial charge < -0.3 is 51.7 Å². The van der Waals surface area contributed by atoms with Crippen molar-refractivity contribution in [3.63, 3.8) is 0 Å². The van der Waals surface area contributed by atoms with Gasteiger partial charge in [0.2, 0.25) is 35.7 Å². The number of aromatic nitrogens is 6.